The summed E-state index contributed by atoms with van der Waals surface area (Å²) in [7, 11) is 1.70. The van der Waals surface area contributed by atoms with Crippen molar-refractivity contribution in [2.45, 2.75) is 32.2 Å². The maximum absolute atomic E-state index is 12.3. The summed E-state index contributed by atoms with van der Waals surface area (Å²) < 4.78 is 5.19. The second kappa shape index (κ2) is 8.12. The van der Waals surface area contributed by atoms with E-state index >= 15 is 0 Å². The molecule has 0 aromatic carbocycles. The topological polar surface area (TPSA) is 61.5 Å². The summed E-state index contributed by atoms with van der Waals surface area (Å²) in [5, 5.41) is 7.09. The predicted molar refractivity (Wildman–Crippen MR) is 107 cm³/mol. The SMILES string of the molecule is COCCN1CC2(CCCN(Cc3ccc(-c4ccn[nH]4)s3)C2)CCC1=O. The van der Waals surface area contributed by atoms with Crippen molar-refractivity contribution in [3.05, 3.63) is 29.3 Å². The number of carbonyl (C=O) groups is 1. The van der Waals surface area contributed by atoms with Gasteiger partial charge in [-0.15, -0.1) is 11.3 Å². The molecule has 7 heteroatoms. The Balaban J connectivity index is 1.40. The number of thiophene rings is 1. The van der Waals surface area contributed by atoms with Gasteiger partial charge in [0, 0.05) is 56.2 Å². The van der Waals surface area contributed by atoms with Crippen molar-refractivity contribution >= 4 is 17.2 Å². The Hall–Kier alpha value is -1.70. The van der Waals surface area contributed by atoms with Gasteiger partial charge in [-0.1, -0.05) is 0 Å². The molecule has 1 spiro atoms. The average molecular weight is 389 g/mol. The van der Waals surface area contributed by atoms with Gasteiger partial charge in [0.15, 0.2) is 0 Å². The molecule has 146 valence electrons. The number of hydrogen-bond acceptors (Lipinski definition) is 5. The van der Waals surface area contributed by atoms with E-state index in [0.717, 1.165) is 44.8 Å². The molecule has 0 aliphatic carbocycles. The first-order valence-corrected chi connectivity index (χ1v) is 10.6. The molecule has 2 aromatic rings. The van der Waals surface area contributed by atoms with E-state index in [4.69, 9.17) is 4.74 Å². The Bertz CT molecular complexity index is 760. The normalized spacial score (nSPS) is 24.0. The fourth-order valence-corrected chi connectivity index (χ4v) is 5.53. The van der Waals surface area contributed by atoms with Crippen molar-refractivity contribution in [3.63, 3.8) is 0 Å². The number of aromatic amines is 1. The highest BCUT2D eigenvalue weighted by Gasteiger charge is 2.41. The third-order valence-electron chi connectivity index (χ3n) is 5.86. The summed E-state index contributed by atoms with van der Waals surface area (Å²) in [6.07, 6.45) is 5.94. The number of hydrogen-bond donors (Lipinski definition) is 1. The van der Waals surface area contributed by atoms with Gasteiger partial charge in [0.05, 0.1) is 17.2 Å². The van der Waals surface area contributed by atoms with Crippen LogP contribution in [0.25, 0.3) is 10.6 Å². The van der Waals surface area contributed by atoms with Gasteiger partial charge in [-0.05, 0) is 44.0 Å². The van der Waals surface area contributed by atoms with Crippen LogP contribution < -0.4 is 0 Å². The molecule has 27 heavy (non-hydrogen) atoms. The monoisotopic (exact) mass is 388 g/mol. The standard InChI is InChI=1S/C20H28N4O2S/c1-26-12-11-24-15-20(8-5-19(24)25)7-2-10-23(14-20)13-16-3-4-18(27-16)17-6-9-21-22-17/h3-4,6,9H,2,5,7-8,10-15H2,1H3,(H,21,22). The summed E-state index contributed by atoms with van der Waals surface area (Å²) in [6, 6.07) is 6.43. The Labute approximate surface area is 164 Å². The number of ether oxygens (including phenoxy) is 1. The molecule has 4 rings (SSSR count). The summed E-state index contributed by atoms with van der Waals surface area (Å²) >= 11 is 1.84. The van der Waals surface area contributed by atoms with Gasteiger partial charge < -0.3 is 9.64 Å². The molecule has 2 aromatic heterocycles. The van der Waals surface area contributed by atoms with Crippen LogP contribution in [0.1, 0.15) is 30.6 Å². The van der Waals surface area contributed by atoms with E-state index in [1.807, 2.05) is 22.3 Å². The zero-order valence-corrected chi connectivity index (χ0v) is 16.8. The minimum atomic E-state index is 0.253. The smallest absolute Gasteiger partial charge is 0.222 e. The zero-order chi connectivity index (χ0) is 18.7. The van der Waals surface area contributed by atoms with Gasteiger partial charge >= 0.3 is 0 Å². The second-order valence-corrected chi connectivity index (χ2v) is 9.03. The summed E-state index contributed by atoms with van der Waals surface area (Å²) in [5.74, 6) is 0.289. The molecule has 1 N–H and O–H groups in total. The number of likely N-dealkylation sites (tertiary alicyclic amines) is 2. The van der Waals surface area contributed by atoms with Crippen molar-refractivity contribution < 1.29 is 9.53 Å². The van der Waals surface area contributed by atoms with E-state index in [0.29, 0.717) is 13.0 Å². The van der Waals surface area contributed by atoms with Crippen LogP contribution in [0.4, 0.5) is 0 Å². The average Bonchev–Trinajstić information content (AvgIpc) is 3.35. The van der Waals surface area contributed by atoms with E-state index < -0.39 is 0 Å². The molecule has 2 saturated heterocycles. The van der Waals surface area contributed by atoms with E-state index in [1.54, 1.807) is 13.3 Å². The van der Waals surface area contributed by atoms with E-state index in [2.05, 4.69) is 27.2 Å². The lowest BCUT2D eigenvalue weighted by atomic mass is 9.73. The van der Waals surface area contributed by atoms with Gasteiger partial charge in [0.2, 0.25) is 5.91 Å². The number of H-pyrrole nitrogens is 1. The maximum atomic E-state index is 12.3. The van der Waals surface area contributed by atoms with Crippen molar-refractivity contribution in [3.8, 4) is 10.6 Å². The van der Waals surface area contributed by atoms with Crippen molar-refractivity contribution in [2.24, 2.45) is 5.41 Å². The maximum Gasteiger partial charge on any atom is 0.222 e. The predicted octanol–water partition coefficient (Wildman–Crippen LogP) is 2.99. The quantitative estimate of drug-likeness (QED) is 0.826. The van der Waals surface area contributed by atoms with Crippen LogP contribution in [0, 0.1) is 5.41 Å². The molecule has 2 fully saturated rings. The van der Waals surface area contributed by atoms with Crippen LogP contribution in [-0.2, 0) is 16.1 Å². The number of amides is 1. The first-order valence-electron chi connectivity index (χ1n) is 9.75. The molecule has 6 nitrogen and oxygen atoms in total. The molecular formula is C20H28N4O2S. The van der Waals surface area contributed by atoms with E-state index in [-0.39, 0.29) is 11.3 Å². The zero-order valence-electron chi connectivity index (χ0n) is 15.9. The van der Waals surface area contributed by atoms with E-state index in [1.165, 1.54) is 22.6 Å². The van der Waals surface area contributed by atoms with Gasteiger partial charge in [-0.25, -0.2) is 0 Å². The first kappa shape index (κ1) is 18.7. The molecule has 0 saturated carbocycles. The van der Waals surface area contributed by atoms with Crippen molar-refractivity contribution in [1.82, 2.24) is 20.0 Å². The third kappa shape index (κ3) is 4.25. The summed E-state index contributed by atoms with van der Waals surface area (Å²) in [4.78, 5) is 19.5. The number of rotatable bonds is 6. The van der Waals surface area contributed by atoms with Crippen LogP contribution in [0.5, 0.6) is 0 Å². The minimum absolute atomic E-state index is 0.253. The Morgan fingerprint density at radius 2 is 2.22 bits per heavy atom. The number of nitrogens with one attached hydrogen (secondary N) is 1. The molecule has 1 unspecified atom stereocenters. The summed E-state index contributed by atoms with van der Waals surface area (Å²) in [6.45, 7) is 5.45. The highest BCUT2D eigenvalue weighted by atomic mass is 32.1. The van der Waals surface area contributed by atoms with Crippen molar-refractivity contribution in [1.29, 1.82) is 0 Å². The number of carbonyl (C=O) groups excluding carboxylic acids is 1. The molecule has 0 radical (unpaired) electrons. The molecule has 2 aliphatic heterocycles. The fourth-order valence-electron chi connectivity index (χ4n) is 4.51. The molecule has 0 bridgehead atoms. The van der Waals surface area contributed by atoms with Crippen LogP contribution in [0.15, 0.2) is 24.4 Å². The van der Waals surface area contributed by atoms with Crippen LogP contribution in [0.3, 0.4) is 0 Å². The minimum Gasteiger partial charge on any atom is -0.383 e. The van der Waals surface area contributed by atoms with Gasteiger partial charge in [-0.2, -0.15) is 5.10 Å². The summed E-state index contributed by atoms with van der Waals surface area (Å²) in [5.41, 5.74) is 1.34. The Kier molecular flexibility index (Phi) is 5.61. The largest absolute Gasteiger partial charge is 0.383 e. The Morgan fingerprint density at radius 1 is 1.30 bits per heavy atom. The fraction of sp³-hybridized carbons (Fsp3) is 0.600. The third-order valence-corrected chi connectivity index (χ3v) is 6.96. The molecule has 1 atom stereocenters. The number of piperidine rings is 2. The molecule has 2 aliphatic rings. The first-order chi connectivity index (χ1) is 13.2. The van der Waals surface area contributed by atoms with Gasteiger partial charge in [-0.3, -0.25) is 14.8 Å². The molecular weight excluding hydrogens is 360 g/mol. The van der Waals surface area contributed by atoms with Gasteiger partial charge in [0.1, 0.15) is 0 Å². The van der Waals surface area contributed by atoms with Crippen LogP contribution in [0.2, 0.25) is 0 Å². The second-order valence-electron chi connectivity index (χ2n) is 7.86. The number of methoxy groups -OCH3 is 1. The lowest BCUT2D eigenvalue weighted by Gasteiger charge is -2.48. The molecule has 1 amide bonds. The van der Waals surface area contributed by atoms with Gasteiger partial charge in [0.25, 0.3) is 0 Å². The number of aromatic nitrogens is 2. The highest BCUT2D eigenvalue weighted by molar-refractivity contribution is 7.15. The lowest BCUT2D eigenvalue weighted by Crippen LogP contribution is -2.54. The van der Waals surface area contributed by atoms with Crippen LogP contribution >= 0.6 is 11.3 Å². The Morgan fingerprint density at radius 3 is 3.04 bits per heavy atom. The highest BCUT2D eigenvalue weighted by Crippen LogP contribution is 2.39. The van der Waals surface area contributed by atoms with Crippen molar-refractivity contribution in [2.75, 3.05) is 39.9 Å². The molecule has 4 heterocycles. The number of nitrogens with zero attached hydrogens (tertiary/aromatic N) is 3. The van der Waals surface area contributed by atoms with E-state index in [9.17, 15) is 4.79 Å². The lowest BCUT2D eigenvalue weighted by molar-refractivity contribution is -0.140. The van der Waals surface area contributed by atoms with Crippen LogP contribution in [-0.4, -0.2) is 65.8 Å².